The summed E-state index contributed by atoms with van der Waals surface area (Å²) in [4.78, 5) is 15.3. The van der Waals surface area contributed by atoms with Crippen LogP contribution in [0.5, 0.6) is 0 Å². The number of guanidine groups is 1. The van der Waals surface area contributed by atoms with Crippen molar-refractivity contribution in [3.8, 4) is 0 Å². The van der Waals surface area contributed by atoms with Crippen molar-refractivity contribution < 1.29 is 4.79 Å². The standard InChI is InChI=1S/C15H17N3O/c1-9(2)11-4-5-12(10(3)6-11)7-13-8-14(19)18-15(16)17-13/h4-7,9H,3,8H2,1-2H3,(H2,16,18,19)/b12-7-. The van der Waals surface area contributed by atoms with Crippen LogP contribution in [0.2, 0.25) is 0 Å². The van der Waals surface area contributed by atoms with E-state index in [-0.39, 0.29) is 18.3 Å². The van der Waals surface area contributed by atoms with E-state index < -0.39 is 0 Å². The molecule has 2 N–H and O–H groups in total. The van der Waals surface area contributed by atoms with Gasteiger partial charge in [0.15, 0.2) is 0 Å². The normalized spacial score (nSPS) is 16.6. The smallest absolute Gasteiger partial charge is 0.232 e. The van der Waals surface area contributed by atoms with Crippen LogP contribution in [0.4, 0.5) is 0 Å². The number of carbonyl (C=O) groups is 1. The minimum atomic E-state index is -0.198. The molecule has 0 unspecified atom stereocenters. The van der Waals surface area contributed by atoms with Crippen LogP contribution < -0.4 is 15.8 Å². The van der Waals surface area contributed by atoms with E-state index >= 15 is 0 Å². The number of amides is 1. The molecule has 2 rings (SSSR count). The van der Waals surface area contributed by atoms with Crippen LogP contribution in [0.15, 0.2) is 23.2 Å². The largest absolute Gasteiger partial charge is 0.295 e. The predicted molar refractivity (Wildman–Crippen MR) is 77.7 cm³/mol. The summed E-state index contributed by atoms with van der Waals surface area (Å²) >= 11 is 0. The summed E-state index contributed by atoms with van der Waals surface area (Å²) in [5.41, 5.74) is 1.83. The molecule has 0 radical (unpaired) electrons. The third-order valence-electron chi connectivity index (χ3n) is 3.01. The summed E-state index contributed by atoms with van der Waals surface area (Å²) in [6, 6.07) is 6.08. The lowest BCUT2D eigenvalue weighted by Gasteiger charge is -2.10. The van der Waals surface area contributed by atoms with E-state index in [9.17, 15) is 4.79 Å². The number of nitrogens with zero attached hydrogens (tertiary/aromatic N) is 1. The minimum Gasteiger partial charge on any atom is -0.295 e. The van der Waals surface area contributed by atoms with Crippen molar-refractivity contribution >= 4 is 30.2 Å². The molecule has 4 heteroatoms. The van der Waals surface area contributed by atoms with Gasteiger partial charge in [0, 0.05) is 0 Å². The first-order valence-electron chi connectivity index (χ1n) is 6.22. The lowest BCUT2D eigenvalue weighted by Crippen LogP contribution is -2.36. The molecule has 98 valence electrons. The van der Waals surface area contributed by atoms with Gasteiger partial charge in [0.05, 0.1) is 12.1 Å². The van der Waals surface area contributed by atoms with Gasteiger partial charge in [-0.3, -0.25) is 15.5 Å². The van der Waals surface area contributed by atoms with Crippen molar-refractivity contribution in [3.05, 3.63) is 34.2 Å². The quantitative estimate of drug-likeness (QED) is 0.810. The topological polar surface area (TPSA) is 65.3 Å². The number of aliphatic imine (C=N–C) groups is 1. The summed E-state index contributed by atoms with van der Waals surface area (Å²) in [6.45, 7) is 8.29. The number of rotatable bonds is 2. The summed E-state index contributed by atoms with van der Waals surface area (Å²) < 4.78 is 0. The molecule has 0 spiro atoms. The van der Waals surface area contributed by atoms with Crippen LogP contribution in [-0.2, 0) is 4.79 Å². The highest BCUT2D eigenvalue weighted by Crippen LogP contribution is 2.09. The fourth-order valence-corrected chi connectivity index (χ4v) is 1.94. The number of benzene rings is 1. The number of hydrogen-bond acceptors (Lipinski definition) is 2. The fourth-order valence-electron chi connectivity index (χ4n) is 1.94. The molecule has 0 aromatic heterocycles. The molecule has 1 aromatic rings. The van der Waals surface area contributed by atoms with E-state index in [1.54, 1.807) is 0 Å². The molecule has 1 heterocycles. The van der Waals surface area contributed by atoms with Gasteiger partial charge < -0.3 is 0 Å². The van der Waals surface area contributed by atoms with Crippen molar-refractivity contribution in [2.24, 2.45) is 4.99 Å². The van der Waals surface area contributed by atoms with Crippen LogP contribution in [0.25, 0.3) is 12.7 Å². The maximum atomic E-state index is 11.3. The monoisotopic (exact) mass is 255 g/mol. The highest BCUT2D eigenvalue weighted by Gasteiger charge is 2.13. The summed E-state index contributed by atoms with van der Waals surface area (Å²) in [6.07, 6.45) is 2.02. The van der Waals surface area contributed by atoms with Crippen LogP contribution in [0, 0.1) is 5.41 Å². The molecule has 0 aliphatic carbocycles. The summed E-state index contributed by atoms with van der Waals surface area (Å²) in [7, 11) is 0. The van der Waals surface area contributed by atoms with Crippen molar-refractivity contribution in [1.82, 2.24) is 5.32 Å². The first-order chi connectivity index (χ1) is 8.95. The second-order valence-corrected chi connectivity index (χ2v) is 4.93. The van der Waals surface area contributed by atoms with E-state index in [0.717, 1.165) is 10.4 Å². The third-order valence-corrected chi connectivity index (χ3v) is 3.01. The van der Waals surface area contributed by atoms with Gasteiger partial charge in [-0.05, 0) is 28.0 Å². The molecular weight excluding hydrogens is 238 g/mol. The SMILES string of the molecule is C=c1cc(C(C)C)cc/c1=C/C1=NC(=N)NC(=O)C1. The van der Waals surface area contributed by atoms with E-state index in [2.05, 4.69) is 36.8 Å². The molecule has 1 aliphatic rings. The minimum absolute atomic E-state index is 0.105. The van der Waals surface area contributed by atoms with Gasteiger partial charge >= 0.3 is 0 Å². The van der Waals surface area contributed by atoms with Crippen molar-refractivity contribution in [3.63, 3.8) is 0 Å². The lowest BCUT2D eigenvalue weighted by molar-refractivity contribution is -0.118. The molecule has 0 atom stereocenters. The van der Waals surface area contributed by atoms with E-state index in [4.69, 9.17) is 5.41 Å². The molecule has 0 saturated heterocycles. The summed E-state index contributed by atoms with van der Waals surface area (Å²) in [5.74, 6) is 0.156. The number of hydrogen-bond donors (Lipinski definition) is 2. The molecule has 1 amide bonds. The maximum Gasteiger partial charge on any atom is 0.232 e. The van der Waals surface area contributed by atoms with E-state index in [1.165, 1.54) is 5.56 Å². The van der Waals surface area contributed by atoms with Crippen LogP contribution in [0.3, 0.4) is 0 Å². The Labute approximate surface area is 112 Å². The van der Waals surface area contributed by atoms with Crippen LogP contribution in [0.1, 0.15) is 31.7 Å². The first-order valence-corrected chi connectivity index (χ1v) is 6.22. The van der Waals surface area contributed by atoms with Gasteiger partial charge in [-0.15, -0.1) is 0 Å². The van der Waals surface area contributed by atoms with Crippen LogP contribution >= 0.6 is 0 Å². The van der Waals surface area contributed by atoms with Gasteiger partial charge in [0.1, 0.15) is 0 Å². The average molecular weight is 255 g/mol. The Morgan fingerprint density at radius 2 is 2.21 bits per heavy atom. The zero-order valence-corrected chi connectivity index (χ0v) is 11.2. The van der Waals surface area contributed by atoms with Crippen LogP contribution in [-0.4, -0.2) is 17.6 Å². The average Bonchev–Trinajstić information content (AvgIpc) is 2.30. The molecule has 0 bridgehead atoms. The maximum absolute atomic E-state index is 11.3. The Bertz CT molecular complexity index is 671. The molecule has 4 nitrogen and oxygen atoms in total. The lowest BCUT2D eigenvalue weighted by atomic mass is 10.0. The Morgan fingerprint density at radius 1 is 1.47 bits per heavy atom. The summed E-state index contributed by atoms with van der Waals surface area (Å²) in [5, 5.41) is 11.6. The van der Waals surface area contributed by atoms with Gasteiger partial charge in [0.2, 0.25) is 11.9 Å². The Balaban J connectivity index is 2.42. The van der Waals surface area contributed by atoms with Gasteiger partial charge in [-0.1, -0.05) is 38.6 Å². The fraction of sp³-hybridized carbons (Fsp3) is 0.267. The molecule has 0 saturated carbocycles. The zero-order valence-electron chi connectivity index (χ0n) is 11.2. The van der Waals surface area contributed by atoms with Gasteiger partial charge in [-0.25, -0.2) is 4.99 Å². The Kier molecular flexibility index (Phi) is 3.60. The van der Waals surface area contributed by atoms with E-state index in [1.807, 2.05) is 18.2 Å². The predicted octanol–water partition coefficient (Wildman–Crippen LogP) is 0.896. The molecule has 1 aromatic carbocycles. The number of nitrogens with one attached hydrogen (secondary N) is 2. The van der Waals surface area contributed by atoms with Crippen molar-refractivity contribution in [2.45, 2.75) is 26.2 Å². The zero-order chi connectivity index (χ0) is 14.0. The molecular formula is C15H17N3O. The van der Waals surface area contributed by atoms with Gasteiger partial charge in [0.25, 0.3) is 0 Å². The second-order valence-electron chi connectivity index (χ2n) is 4.93. The number of carbonyl (C=O) groups excluding carboxylic acids is 1. The van der Waals surface area contributed by atoms with E-state index in [0.29, 0.717) is 11.6 Å². The Morgan fingerprint density at radius 3 is 2.79 bits per heavy atom. The highest BCUT2D eigenvalue weighted by molar-refractivity contribution is 6.25. The molecule has 0 fully saturated rings. The third kappa shape index (κ3) is 3.16. The second kappa shape index (κ2) is 5.18. The molecule has 19 heavy (non-hydrogen) atoms. The Hall–Kier alpha value is -2.23. The van der Waals surface area contributed by atoms with Gasteiger partial charge in [-0.2, -0.15) is 0 Å². The highest BCUT2D eigenvalue weighted by atomic mass is 16.1. The van der Waals surface area contributed by atoms with Crippen molar-refractivity contribution in [1.29, 1.82) is 5.41 Å². The van der Waals surface area contributed by atoms with Crippen molar-refractivity contribution in [2.75, 3.05) is 0 Å². The first kappa shape index (κ1) is 13.2. The molecule has 1 aliphatic heterocycles.